The molecular formula is C11H15N3O6. The van der Waals surface area contributed by atoms with Crippen LogP contribution in [-0.4, -0.2) is 55.1 Å². The summed E-state index contributed by atoms with van der Waals surface area (Å²) in [5.74, 6) is -0.790. The molecule has 9 nitrogen and oxygen atoms in total. The van der Waals surface area contributed by atoms with E-state index in [0.29, 0.717) is 0 Å². The molecule has 9 heteroatoms. The largest absolute Gasteiger partial charge is 0.394 e. The topological polar surface area (TPSA) is 148 Å². The van der Waals surface area contributed by atoms with Gasteiger partial charge in [-0.2, -0.15) is 4.98 Å². The van der Waals surface area contributed by atoms with Crippen LogP contribution in [0.4, 0.5) is 5.82 Å². The summed E-state index contributed by atoms with van der Waals surface area (Å²) >= 11 is 0. The van der Waals surface area contributed by atoms with Gasteiger partial charge in [0.1, 0.15) is 18.0 Å². The third-order valence-corrected chi connectivity index (χ3v) is 3.37. The summed E-state index contributed by atoms with van der Waals surface area (Å²) in [5, 5.41) is 29.5. The minimum atomic E-state index is -2.29. The van der Waals surface area contributed by atoms with E-state index in [1.165, 1.54) is 12.3 Å². The molecule has 110 valence electrons. The van der Waals surface area contributed by atoms with Crippen LogP contribution in [0.15, 0.2) is 17.1 Å². The third kappa shape index (κ3) is 2.00. The van der Waals surface area contributed by atoms with E-state index in [-0.39, 0.29) is 5.82 Å². The minimum absolute atomic E-state index is 0.0146. The van der Waals surface area contributed by atoms with Gasteiger partial charge in [-0.15, -0.1) is 0 Å². The number of carbonyl (C=O) groups excluding carboxylic acids is 1. The lowest BCUT2D eigenvalue weighted by molar-refractivity contribution is -0.152. The fourth-order valence-corrected chi connectivity index (χ4v) is 2.21. The number of nitrogens with two attached hydrogens (primary N) is 1. The molecule has 1 fully saturated rings. The molecule has 20 heavy (non-hydrogen) atoms. The lowest BCUT2D eigenvalue weighted by atomic mass is 9.88. The molecule has 1 saturated heterocycles. The van der Waals surface area contributed by atoms with Crippen molar-refractivity contribution in [2.24, 2.45) is 0 Å². The summed E-state index contributed by atoms with van der Waals surface area (Å²) in [6, 6.07) is 1.30. The first-order valence-corrected chi connectivity index (χ1v) is 5.84. The first-order valence-electron chi connectivity index (χ1n) is 5.84. The molecule has 0 bridgehead atoms. The number of Topliss-reactive ketones (excluding diaryl/α,β-unsaturated/α-hetero) is 1. The van der Waals surface area contributed by atoms with Gasteiger partial charge in [0.2, 0.25) is 0 Å². The van der Waals surface area contributed by atoms with Crippen LogP contribution in [0.5, 0.6) is 0 Å². The molecule has 1 aromatic rings. The number of rotatable bonds is 3. The lowest BCUT2D eigenvalue weighted by Crippen LogP contribution is -2.54. The number of hydrogen-bond donors (Lipinski definition) is 4. The fraction of sp³-hybridized carbons (Fsp3) is 0.545. The number of ether oxygens (including phenoxy) is 1. The summed E-state index contributed by atoms with van der Waals surface area (Å²) in [6.07, 6.45) is -3.19. The van der Waals surface area contributed by atoms with Gasteiger partial charge in [0.05, 0.1) is 6.61 Å². The molecule has 0 amide bonds. The molecule has 5 N–H and O–H groups in total. The van der Waals surface area contributed by atoms with Crippen LogP contribution in [-0.2, 0) is 9.53 Å². The Hall–Kier alpha value is -1.81. The lowest BCUT2D eigenvalue weighted by Gasteiger charge is -2.27. The van der Waals surface area contributed by atoms with Gasteiger partial charge in [-0.1, -0.05) is 0 Å². The van der Waals surface area contributed by atoms with Crippen LogP contribution in [0, 0.1) is 0 Å². The molecule has 0 aromatic carbocycles. The first kappa shape index (κ1) is 14.6. The van der Waals surface area contributed by atoms with E-state index in [2.05, 4.69) is 4.98 Å². The Morgan fingerprint density at radius 3 is 2.75 bits per heavy atom. The predicted octanol–water partition coefficient (Wildman–Crippen LogP) is -2.60. The van der Waals surface area contributed by atoms with Gasteiger partial charge in [0.25, 0.3) is 0 Å². The normalized spacial score (nSPS) is 33.3. The number of ketones is 1. The summed E-state index contributed by atoms with van der Waals surface area (Å²) < 4.78 is 6.11. The van der Waals surface area contributed by atoms with Crippen molar-refractivity contribution in [2.75, 3.05) is 12.3 Å². The van der Waals surface area contributed by atoms with E-state index < -0.39 is 42.1 Å². The van der Waals surface area contributed by atoms with Gasteiger partial charge < -0.3 is 25.8 Å². The van der Waals surface area contributed by atoms with Crippen LogP contribution in [0.25, 0.3) is 0 Å². The predicted molar refractivity (Wildman–Crippen MR) is 65.5 cm³/mol. The van der Waals surface area contributed by atoms with E-state index in [1.54, 1.807) is 0 Å². The molecule has 1 aliphatic heterocycles. The van der Waals surface area contributed by atoms with Gasteiger partial charge in [0.15, 0.2) is 17.6 Å². The summed E-state index contributed by atoms with van der Waals surface area (Å²) in [7, 11) is 0. The molecule has 2 rings (SSSR count). The van der Waals surface area contributed by atoms with Crippen LogP contribution in [0.2, 0.25) is 0 Å². The Morgan fingerprint density at radius 2 is 2.30 bits per heavy atom. The zero-order chi connectivity index (χ0) is 15.1. The van der Waals surface area contributed by atoms with Crippen molar-refractivity contribution in [1.82, 2.24) is 9.55 Å². The van der Waals surface area contributed by atoms with Crippen molar-refractivity contribution in [3.63, 3.8) is 0 Å². The van der Waals surface area contributed by atoms with Crippen molar-refractivity contribution < 1.29 is 24.9 Å². The number of nitrogen functional groups attached to an aromatic ring is 1. The average molecular weight is 285 g/mol. The molecular weight excluding hydrogens is 270 g/mol. The Bertz CT molecular complexity index is 588. The Balaban J connectivity index is 2.45. The average Bonchev–Trinajstić information content (AvgIpc) is 2.64. The van der Waals surface area contributed by atoms with E-state index in [1.807, 2.05) is 0 Å². The van der Waals surface area contributed by atoms with E-state index in [4.69, 9.17) is 10.5 Å². The van der Waals surface area contributed by atoms with Crippen LogP contribution >= 0.6 is 0 Å². The number of carbonyl (C=O) groups is 1. The highest BCUT2D eigenvalue weighted by atomic mass is 16.6. The first-order chi connectivity index (χ1) is 9.32. The monoisotopic (exact) mass is 285 g/mol. The molecule has 4 atom stereocenters. The van der Waals surface area contributed by atoms with Gasteiger partial charge in [-0.3, -0.25) is 9.36 Å². The molecule has 2 heterocycles. The Labute approximate surface area is 113 Å². The zero-order valence-electron chi connectivity index (χ0n) is 10.6. The highest BCUT2D eigenvalue weighted by Crippen LogP contribution is 2.37. The number of hydrogen-bond acceptors (Lipinski definition) is 8. The summed E-state index contributed by atoms with van der Waals surface area (Å²) in [6.45, 7) is 0.364. The second-order valence-electron chi connectivity index (χ2n) is 4.57. The second kappa shape index (κ2) is 4.94. The minimum Gasteiger partial charge on any atom is -0.394 e. The van der Waals surface area contributed by atoms with Crippen molar-refractivity contribution in [1.29, 1.82) is 0 Å². The van der Waals surface area contributed by atoms with Crippen LogP contribution < -0.4 is 11.4 Å². The SMILES string of the molecule is CC(=O)[C@@]1(O)[C@@H](CO)O[C@@H](n2ccc(N)nc2=O)[C@@H]1O. The Morgan fingerprint density at radius 1 is 1.65 bits per heavy atom. The smallest absolute Gasteiger partial charge is 0.351 e. The molecule has 1 aliphatic rings. The highest BCUT2D eigenvalue weighted by Gasteiger charge is 2.59. The number of nitrogens with zero attached hydrogens (tertiary/aromatic N) is 2. The van der Waals surface area contributed by atoms with E-state index in [0.717, 1.165) is 11.5 Å². The fourth-order valence-electron chi connectivity index (χ4n) is 2.21. The van der Waals surface area contributed by atoms with Crippen LogP contribution in [0.3, 0.4) is 0 Å². The number of aliphatic hydroxyl groups excluding tert-OH is 2. The van der Waals surface area contributed by atoms with E-state index in [9.17, 15) is 24.9 Å². The van der Waals surface area contributed by atoms with Crippen molar-refractivity contribution in [3.8, 4) is 0 Å². The van der Waals surface area contributed by atoms with Crippen molar-refractivity contribution in [2.45, 2.75) is 31.0 Å². The zero-order valence-corrected chi connectivity index (χ0v) is 10.6. The van der Waals surface area contributed by atoms with Gasteiger partial charge >= 0.3 is 5.69 Å². The number of aliphatic hydroxyl groups is 3. The maximum atomic E-state index is 11.7. The quantitative estimate of drug-likeness (QED) is 0.472. The van der Waals surface area contributed by atoms with Gasteiger partial charge in [-0.05, 0) is 13.0 Å². The molecule has 1 aromatic heterocycles. The Kier molecular flexibility index (Phi) is 3.61. The maximum absolute atomic E-state index is 11.7. The number of anilines is 1. The third-order valence-electron chi connectivity index (χ3n) is 3.37. The molecule has 0 spiro atoms. The highest BCUT2D eigenvalue weighted by molar-refractivity contribution is 5.86. The molecule has 0 radical (unpaired) electrons. The molecule has 0 unspecified atom stereocenters. The number of aromatic nitrogens is 2. The van der Waals surface area contributed by atoms with Gasteiger partial charge in [-0.25, -0.2) is 4.79 Å². The maximum Gasteiger partial charge on any atom is 0.351 e. The summed E-state index contributed by atoms with van der Waals surface area (Å²) in [4.78, 5) is 26.7. The standard InChI is InChI=1S/C11H15N3O6/c1-5(16)11(19)6(4-15)20-9(8(11)17)14-3-2-7(12)13-10(14)18/h2-3,6,8-9,15,17,19H,4H2,1H3,(H2,12,13,18)/t6-,8+,9-,11-/m1/s1. The summed E-state index contributed by atoms with van der Waals surface area (Å²) in [5.41, 5.74) is 2.25. The van der Waals surface area contributed by atoms with Gasteiger partial charge in [0, 0.05) is 6.20 Å². The van der Waals surface area contributed by atoms with Crippen molar-refractivity contribution >= 4 is 11.6 Å². The van der Waals surface area contributed by atoms with E-state index >= 15 is 0 Å². The van der Waals surface area contributed by atoms with Crippen molar-refractivity contribution in [3.05, 3.63) is 22.7 Å². The van der Waals surface area contributed by atoms with Crippen LogP contribution in [0.1, 0.15) is 13.2 Å². The molecule has 0 saturated carbocycles. The second-order valence-corrected chi connectivity index (χ2v) is 4.57. The molecule has 0 aliphatic carbocycles.